The number of alkyl halides is 3. The molecule has 7 heteroatoms. The summed E-state index contributed by atoms with van der Waals surface area (Å²) in [7, 11) is 0. The van der Waals surface area contributed by atoms with E-state index in [-0.39, 0.29) is 24.2 Å². The largest absolute Gasteiger partial charge is 0.573 e. The van der Waals surface area contributed by atoms with Gasteiger partial charge in [0.1, 0.15) is 5.75 Å². The number of ether oxygens (including phenoxy) is 1. The number of benzene rings is 1. The van der Waals surface area contributed by atoms with Crippen LogP contribution in [0.4, 0.5) is 13.2 Å². The van der Waals surface area contributed by atoms with Crippen LogP contribution < -0.4 is 10.5 Å². The van der Waals surface area contributed by atoms with Crippen molar-refractivity contribution in [1.29, 1.82) is 0 Å². The monoisotopic (exact) mass is 296 g/mol. The summed E-state index contributed by atoms with van der Waals surface area (Å²) in [4.78, 5) is 2.03. The lowest BCUT2D eigenvalue weighted by atomic mass is 10.2. The minimum absolute atomic E-state index is 0. The molecule has 2 rings (SSSR count). The van der Waals surface area contributed by atoms with Gasteiger partial charge in [-0.3, -0.25) is 4.90 Å². The molecule has 0 saturated carbocycles. The molecule has 1 heterocycles. The van der Waals surface area contributed by atoms with Gasteiger partial charge >= 0.3 is 6.36 Å². The van der Waals surface area contributed by atoms with Crippen molar-refractivity contribution in [2.24, 2.45) is 5.73 Å². The van der Waals surface area contributed by atoms with E-state index in [1.165, 1.54) is 12.1 Å². The van der Waals surface area contributed by atoms with E-state index in [1.807, 2.05) is 4.90 Å². The van der Waals surface area contributed by atoms with E-state index >= 15 is 0 Å². The highest BCUT2D eigenvalue weighted by atomic mass is 35.5. The third-order valence-corrected chi connectivity index (χ3v) is 2.90. The van der Waals surface area contributed by atoms with Gasteiger partial charge in [0.25, 0.3) is 0 Å². The molecule has 108 valence electrons. The average Bonchev–Trinajstić information content (AvgIpc) is 2.65. The summed E-state index contributed by atoms with van der Waals surface area (Å²) >= 11 is 0. The van der Waals surface area contributed by atoms with E-state index in [9.17, 15) is 13.2 Å². The Labute approximate surface area is 115 Å². The molecule has 0 aliphatic carbocycles. The fourth-order valence-electron chi connectivity index (χ4n) is 2.11. The molecule has 19 heavy (non-hydrogen) atoms. The third-order valence-electron chi connectivity index (χ3n) is 2.90. The first-order valence-corrected chi connectivity index (χ1v) is 5.75. The molecule has 0 radical (unpaired) electrons. The van der Waals surface area contributed by atoms with Crippen LogP contribution >= 0.6 is 12.4 Å². The predicted octanol–water partition coefficient (Wildman–Crippen LogP) is 2.54. The van der Waals surface area contributed by atoms with Gasteiger partial charge in [-0.05, 0) is 12.5 Å². The topological polar surface area (TPSA) is 38.5 Å². The Bertz CT molecular complexity index is 414. The van der Waals surface area contributed by atoms with Crippen LogP contribution in [0.1, 0.15) is 12.0 Å². The molecule has 0 spiro atoms. The zero-order valence-electron chi connectivity index (χ0n) is 10.2. The van der Waals surface area contributed by atoms with Crippen LogP contribution in [-0.4, -0.2) is 30.4 Å². The molecule has 0 amide bonds. The van der Waals surface area contributed by atoms with Gasteiger partial charge in [0, 0.05) is 31.2 Å². The van der Waals surface area contributed by atoms with Crippen LogP contribution in [0, 0.1) is 0 Å². The molecule has 2 N–H and O–H groups in total. The molecule has 1 saturated heterocycles. The first-order valence-electron chi connectivity index (χ1n) is 5.75. The number of para-hydroxylation sites is 1. The summed E-state index contributed by atoms with van der Waals surface area (Å²) in [5.74, 6) is -0.134. The number of rotatable bonds is 3. The van der Waals surface area contributed by atoms with Crippen molar-refractivity contribution in [3.8, 4) is 5.75 Å². The molecule has 1 aromatic carbocycles. The van der Waals surface area contributed by atoms with Crippen molar-refractivity contribution in [2.75, 3.05) is 13.1 Å². The van der Waals surface area contributed by atoms with Crippen LogP contribution in [-0.2, 0) is 6.54 Å². The highest BCUT2D eigenvalue weighted by Crippen LogP contribution is 2.27. The minimum atomic E-state index is -4.66. The van der Waals surface area contributed by atoms with Crippen molar-refractivity contribution in [3.05, 3.63) is 29.8 Å². The Balaban J connectivity index is 0.00000180. The number of halogens is 4. The van der Waals surface area contributed by atoms with E-state index < -0.39 is 6.36 Å². The molecule has 3 nitrogen and oxygen atoms in total. The number of hydrogen-bond acceptors (Lipinski definition) is 3. The first-order chi connectivity index (χ1) is 8.44. The number of nitrogens with two attached hydrogens (primary N) is 1. The van der Waals surface area contributed by atoms with Gasteiger partial charge in [-0.15, -0.1) is 25.6 Å². The Morgan fingerprint density at radius 3 is 2.58 bits per heavy atom. The smallest absolute Gasteiger partial charge is 0.405 e. The van der Waals surface area contributed by atoms with Crippen molar-refractivity contribution in [2.45, 2.75) is 25.4 Å². The fourth-order valence-corrected chi connectivity index (χ4v) is 2.11. The normalized spacial score (nSPS) is 20.1. The second-order valence-electron chi connectivity index (χ2n) is 4.44. The summed E-state index contributed by atoms with van der Waals surface area (Å²) in [6.45, 7) is 1.95. The van der Waals surface area contributed by atoms with Gasteiger partial charge in [0.2, 0.25) is 0 Å². The highest BCUT2D eigenvalue weighted by Gasteiger charge is 2.32. The van der Waals surface area contributed by atoms with Gasteiger partial charge in [-0.25, -0.2) is 0 Å². The second kappa shape index (κ2) is 6.45. The Hall–Kier alpha value is -0.980. The lowest BCUT2D eigenvalue weighted by molar-refractivity contribution is -0.275. The molecule has 1 aliphatic rings. The second-order valence-corrected chi connectivity index (χ2v) is 4.44. The van der Waals surface area contributed by atoms with E-state index in [0.29, 0.717) is 18.7 Å². The van der Waals surface area contributed by atoms with Crippen LogP contribution in [0.3, 0.4) is 0 Å². The summed E-state index contributed by atoms with van der Waals surface area (Å²) in [6.07, 6.45) is -3.78. The first kappa shape index (κ1) is 16.1. The van der Waals surface area contributed by atoms with E-state index in [4.69, 9.17) is 5.73 Å². The van der Waals surface area contributed by atoms with Crippen LogP contribution in [0.5, 0.6) is 5.75 Å². The number of likely N-dealkylation sites (tertiary alicyclic amines) is 1. The van der Waals surface area contributed by atoms with Gasteiger partial charge < -0.3 is 10.5 Å². The summed E-state index contributed by atoms with van der Waals surface area (Å²) < 4.78 is 40.7. The molecule has 1 fully saturated rings. The van der Waals surface area contributed by atoms with Crippen LogP contribution in [0.25, 0.3) is 0 Å². The van der Waals surface area contributed by atoms with E-state index in [0.717, 1.165) is 13.0 Å². The standard InChI is InChI=1S/C12H15F3N2O.ClH/c13-12(14,15)18-11-4-2-1-3-9(11)7-17-6-5-10(16)8-17;/h1-4,10H,5-8,16H2;1H. The lowest BCUT2D eigenvalue weighted by Crippen LogP contribution is -2.26. The Morgan fingerprint density at radius 2 is 2.00 bits per heavy atom. The average molecular weight is 297 g/mol. The van der Waals surface area contributed by atoms with Crippen molar-refractivity contribution in [3.63, 3.8) is 0 Å². The molecule has 1 aliphatic heterocycles. The van der Waals surface area contributed by atoms with Crippen LogP contribution in [0.15, 0.2) is 24.3 Å². The molecular formula is C12H16ClF3N2O. The molecule has 1 atom stereocenters. The molecule has 0 bridgehead atoms. The maximum atomic E-state index is 12.2. The Morgan fingerprint density at radius 1 is 1.32 bits per heavy atom. The van der Waals surface area contributed by atoms with Crippen LogP contribution in [0.2, 0.25) is 0 Å². The molecule has 0 aromatic heterocycles. The van der Waals surface area contributed by atoms with E-state index in [2.05, 4.69) is 4.74 Å². The van der Waals surface area contributed by atoms with Gasteiger partial charge in [-0.1, -0.05) is 18.2 Å². The van der Waals surface area contributed by atoms with Gasteiger partial charge in [0.05, 0.1) is 0 Å². The molecule has 1 aromatic rings. The number of hydrogen-bond donors (Lipinski definition) is 1. The molecular weight excluding hydrogens is 281 g/mol. The van der Waals surface area contributed by atoms with Crippen molar-refractivity contribution >= 4 is 12.4 Å². The highest BCUT2D eigenvalue weighted by molar-refractivity contribution is 5.85. The van der Waals surface area contributed by atoms with Gasteiger partial charge in [0.15, 0.2) is 0 Å². The van der Waals surface area contributed by atoms with E-state index in [1.54, 1.807) is 12.1 Å². The van der Waals surface area contributed by atoms with Crippen molar-refractivity contribution in [1.82, 2.24) is 4.90 Å². The minimum Gasteiger partial charge on any atom is -0.405 e. The Kier molecular flexibility index (Phi) is 5.46. The quantitative estimate of drug-likeness (QED) is 0.931. The zero-order chi connectivity index (χ0) is 13.2. The van der Waals surface area contributed by atoms with Crippen molar-refractivity contribution < 1.29 is 17.9 Å². The lowest BCUT2D eigenvalue weighted by Gasteiger charge is -2.18. The molecule has 1 unspecified atom stereocenters. The summed E-state index contributed by atoms with van der Waals surface area (Å²) in [5.41, 5.74) is 6.30. The SMILES string of the molecule is Cl.NC1CCN(Cc2ccccc2OC(F)(F)F)C1. The summed E-state index contributed by atoms with van der Waals surface area (Å²) in [6, 6.07) is 6.32. The third kappa shape index (κ3) is 4.89. The fraction of sp³-hybridized carbons (Fsp3) is 0.500. The maximum Gasteiger partial charge on any atom is 0.573 e. The number of nitrogens with zero attached hydrogens (tertiary/aromatic N) is 1. The predicted molar refractivity (Wildman–Crippen MR) is 68.2 cm³/mol. The van der Waals surface area contributed by atoms with Gasteiger partial charge in [-0.2, -0.15) is 0 Å². The maximum absolute atomic E-state index is 12.2. The zero-order valence-corrected chi connectivity index (χ0v) is 11.0. The summed E-state index contributed by atoms with van der Waals surface area (Å²) in [5, 5.41) is 0.